The Balaban J connectivity index is 1.74. The van der Waals surface area contributed by atoms with Gasteiger partial charge in [0, 0.05) is 10.9 Å². The number of amides is 1. The largest absolute Gasteiger partial charge is 0.464 e. The summed E-state index contributed by atoms with van der Waals surface area (Å²) in [5.74, 6) is 0.551. The Morgan fingerprint density at radius 3 is 2.54 bits per heavy atom. The molecule has 1 amide bonds. The molecule has 0 aliphatic rings. The zero-order chi connectivity index (χ0) is 18.8. The molecule has 0 fully saturated rings. The summed E-state index contributed by atoms with van der Waals surface area (Å²) in [5, 5.41) is 5.08. The van der Waals surface area contributed by atoms with Gasteiger partial charge < -0.3 is 9.15 Å². The molecular weight excluding hydrogens is 386 g/mol. The number of anilines is 1. The van der Waals surface area contributed by atoms with Gasteiger partial charge in [0.1, 0.15) is 17.3 Å². The summed E-state index contributed by atoms with van der Waals surface area (Å²) in [5.41, 5.74) is 1.58. The predicted molar refractivity (Wildman–Crippen MR) is 95.3 cm³/mol. The predicted octanol–water partition coefficient (Wildman–Crippen LogP) is 5.53. The van der Waals surface area contributed by atoms with Crippen molar-refractivity contribution in [2.45, 2.75) is 20.5 Å². The van der Waals surface area contributed by atoms with E-state index in [0.717, 1.165) is 0 Å². The van der Waals surface area contributed by atoms with Crippen LogP contribution in [-0.2, 0) is 0 Å². The average Bonchev–Trinajstić information content (AvgIpc) is 3.12. The van der Waals surface area contributed by atoms with Crippen LogP contribution in [0.4, 0.5) is 13.9 Å². The van der Waals surface area contributed by atoms with Crippen molar-refractivity contribution in [1.29, 1.82) is 0 Å². The van der Waals surface area contributed by atoms with E-state index in [0.29, 0.717) is 27.9 Å². The number of ether oxygens (including phenoxy) is 1. The Hall–Kier alpha value is -2.45. The van der Waals surface area contributed by atoms with Crippen molar-refractivity contribution in [2.24, 2.45) is 0 Å². The molecule has 0 saturated heterocycles. The normalized spacial score (nSPS) is 11.0. The Kier molecular flexibility index (Phi) is 5.24. The topological polar surface area (TPSA) is 64.4 Å². The number of carbonyl (C=O) groups excluding carboxylic acids is 1. The van der Waals surface area contributed by atoms with Gasteiger partial charge in [0.2, 0.25) is 0 Å². The second-order valence-corrected chi connectivity index (χ2v) is 6.53. The molecule has 1 aromatic carbocycles. The molecular formula is C17H13ClF2N2O3S. The number of hydrogen-bond donors (Lipinski definition) is 1. The van der Waals surface area contributed by atoms with Gasteiger partial charge in [-0.3, -0.25) is 10.1 Å². The minimum Gasteiger partial charge on any atom is -0.464 e. The summed E-state index contributed by atoms with van der Waals surface area (Å²) >= 11 is 7.32. The van der Waals surface area contributed by atoms with E-state index in [9.17, 15) is 13.6 Å². The van der Waals surface area contributed by atoms with Gasteiger partial charge in [-0.2, -0.15) is 8.78 Å². The zero-order valence-electron chi connectivity index (χ0n) is 13.7. The van der Waals surface area contributed by atoms with E-state index >= 15 is 0 Å². The van der Waals surface area contributed by atoms with Crippen LogP contribution in [0.15, 0.2) is 34.1 Å². The fourth-order valence-electron chi connectivity index (χ4n) is 2.35. The molecule has 26 heavy (non-hydrogen) atoms. The monoisotopic (exact) mass is 398 g/mol. The molecule has 0 aliphatic heterocycles. The van der Waals surface area contributed by atoms with Crippen molar-refractivity contribution in [1.82, 2.24) is 4.98 Å². The minimum atomic E-state index is -2.87. The van der Waals surface area contributed by atoms with E-state index < -0.39 is 12.5 Å². The molecule has 2 heterocycles. The van der Waals surface area contributed by atoms with Gasteiger partial charge in [-0.1, -0.05) is 11.6 Å². The van der Waals surface area contributed by atoms with Crippen molar-refractivity contribution in [3.05, 3.63) is 51.8 Å². The zero-order valence-corrected chi connectivity index (χ0v) is 15.3. The second-order valence-electron chi connectivity index (χ2n) is 5.30. The van der Waals surface area contributed by atoms with Crippen LogP contribution >= 0.6 is 22.9 Å². The number of benzene rings is 1. The highest BCUT2D eigenvalue weighted by molar-refractivity contribution is 7.14. The molecule has 3 rings (SSSR count). The number of rotatable bonds is 5. The molecule has 0 atom stereocenters. The van der Waals surface area contributed by atoms with E-state index in [1.165, 1.54) is 23.5 Å². The first-order valence-electron chi connectivity index (χ1n) is 7.42. The smallest absolute Gasteiger partial charge is 0.387 e. The first-order chi connectivity index (χ1) is 12.3. The van der Waals surface area contributed by atoms with Crippen LogP contribution in [0, 0.1) is 13.8 Å². The Morgan fingerprint density at radius 2 is 1.96 bits per heavy atom. The van der Waals surface area contributed by atoms with E-state index in [2.05, 4.69) is 15.0 Å². The fourth-order valence-corrected chi connectivity index (χ4v) is 3.32. The van der Waals surface area contributed by atoms with Gasteiger partial charge >= 0.3 is 6.61 Å². The van der Waals surface area contributed by atoms with E-state index in [4.69, 9.17) is 16.0 Å². The molecule has 0 saturated carbocycles. The Morgan fingerprint density at radius 1 is 1.27 bits per heavy atom. The fraction of sp³-hybridized carbons (Fsp3) is 0.176. The molecule has 1 N–H and O–H groups in total. The summed E-state index contributed by atoms with van der Waals surface area (Å²) in [7, 11) is 0. The Labute approximate surface area is 156 Å². The number of nitrogens with zero attached hydrogens (tertiary/aromatic N) is 1. The van der Waals surface area contributed by atoms with E-state index in [1.54, 1.807) is 31.4 Å². The molecule has 136 valence electrons. The maximum absolute atomic E-state index is 12.4. The van der Waals surface area contributed by atoms with Crippen LogP contribution in [0.2, 0.25) is 5.02 Å². The molecule has 0 aliphatic carbocycles. The number of carbonyl (C=O) groups is 1. The number of hydrogen-bond acceptors (Lipinski definition) is 5. The average molecular weight is 399 g/mol. The maximum atomic E-state index is 12.4. The highest BCUT2D eigenvalue weighted by Gasteiger charge is 2.21. The number of nitrogens with one attached hydrogen (secondary N) is 1. The SMILES string of the molecule is Cc1oc(C)c(C(=O)Nc2nc(-c3ccc(OC(F)F)cc3)cs2)c1Cl. The van der Waals surface area contributed by atoms with Crippen molar-refractivity contribution in [3.8, 4) is 17.0 Å². The van der Waals surface area contributed by atoms with E-state index in [-0.39, 0.29) is 16.3 Å². The molecule has 2 aromatic heterocycles. The van der Waals surface area contributed by atoms with Gasteiger partial charge in [-0.25, -0.2) is 4.98 Å². The number of furan rings is 1. The summed E-state index contributed by atoms with van der Waals surface area (Å²) in [4.78, 5) is 16.7. The van der Waals surface area contributed by atoms with Crippen LogP contribution in [0.1, 0.15) is 21.9 Å². The quantitative estimate of drug-likeness (QED) is 0.614. The van der Waals surface area contributed by atoms with Gasteiger partial charge in [0.15, 0.2) is 5.13 Å². The van der Waals surface area contributed by atoms with Crippen LogP contribution < -0.4 is 10.1 Å². The molecule has 9 heteroatoms. The minimum absolute atomic E-state index is 0.0629. The second kappa shape index (κ2) is 7.43. The molecule has 5 nitrogen and oxygen atoms in total. The van der Waals surface area contributed by atoms with Gasteiger partial charge in [0.25, 0.3) is 5.91 Å². The Bertz CT molecular complexity index is 938. The highest BCUT2D eigenvalue weighted by Crippen LogP contribution is 2.30. The number of halogens is 3. The van der Waals surface area contributed by atoms with Crippen molar-refractivity contribution in [3.63, 3.8) is 0 Å². The molecule has 0 bridgehead atoms. The first kappa shape index (κ1) is 18.3. The third kappa shape index (κ3) is 3.86. The van der Waals surface area contributed by atoms with Crippen molar-refractivity contribution >= 4 is 34.0 Å². The standard InChI is InChI=1S/C17H13ClF2N2O3S/c1-8-13(14(18)9(2)24-8)15(23)22-17-21-12(7-26-17)10-3-5-11(6-4-10)25-16(19)20/h3-7,16H,1-2H3,(H,21,22,23). The highest BCUT2D eigenvalue weighted by atomic mass is 35.5. The number of alkyl halides is 2. The van der Waals surface area contributed by atoms with Crippen molar-refractivity contribution < 1.29 is 22.7 Å². The first-order valence-corrected chi connectivity index (χ1v) is 8.68. The lowest BCUT2D eigenvalue weighted by Crippen LogP contribution is -2.12. The molecule has 3 aromatic rings. The van der Waals surface area contributed by atoms with Crippen LogP contribution in [0.5, 0.6) is 5.75 Å². The van der Waals surface area contributed by atoms with Crippen LogP contribution in [0.25, 0.3) is 11.3 Å². The summed E-state index contributed by atoms with van der Waals surface area (Å²) in [6, 6.07) is 6.07. The van der Waals surface area contributed by atoms with Gasteiger partial charge in [0.05, 0.1) is 16.3 Å². The lowest BCUT2D eigenvalue weighted by molar-refractivity contribution is -0.0498. The lowest BCUT2D eigenvalue weighted by Gasteiger charge is -2.04. The van der Waals surface area contributed by atoms with Crippen LogP contribution in [0.3, 0.4) is 0 Å². The lowest BCUT2D eigenvalue weighted by atomic mass is 10.2. The maximum Gasteiger partial charge on any atom is 0.387 e. The van der Waals surface area contributed by atoms with E-state index in [1.807, 2.05) is 0 Å². The third-order valence-corrected chi connectivity index (χ3v) is 4.73. The summed E-state index contributed by atoms with van der Waals surface area (Å²) < 4.78 is 34.0. The number of thiazole rings is 1. The number of aryl methyl sites for hydroxylation is 2. The summed E-state index contributed by atoms with van der Waals surface area (Å²) in [6.07, 6.45) is 0. The molecule has 0 unspecified atom stereocenters. The molecule has 0 radical (unpaired) electrons. The summed E-state index contributed by atoms with van der Waals surface area (Å²) in [6.45, 7) is 0.461. The van der Waals surface area contributed by atoms with Gasteiger partial charge in [-0.15, -0.1) is 11.3 Å². The third-order valence-electron chi connectivity index (χ3n) is 3.51. The van der Waals surface area contributed by atoms with Gasteiger partial charge in [-0.05, 0) is 38.1 Å². The van der Waals surface area contributed by atoms with Crippen LogP contribution in [-0.4, -0.2) is 17.5 Å². The molecule has 0 spiro atoms. The number of aromatic nitrogens is 1. The van der Waals surface area contributed by atoms with Crippen molar-refractivity contribution in [2.75, 3.05) is 5.32 Å².